The van der Waals surface area contributed by atoms with Crippen LogP contribution in [-0.4, -0.2) is 20.7 Å². The highest BCUT2D eigenvalue weighted by molar-refractivity contribution is 7.98. The van der Waals surface area contributed by atoms with E-state index >= 15 is 0 Å². The lowest BCUT2D eigenvalue weighted by molar-refractivity contribution is -0.121. The zero-order chi connectivity index (χ0) is 24.5. The van der Waals surface area contributed by atoms with Crippen LogP contribution in [0.4, 0.5) is 0 Å². The monoisotopic (exact) mass is 518 g/mol. The molecule has 0 spiro atoms. The standard InChI is InChI=1S/C26H32Cl2N4OS/c1-4-5-6-7-8-12-24(33)29-19(3)25-30-31-26(34-17-20-11-9-10-18(2)15-20)32(25)23-14-13-21(27)16-22(23)28/h9-11,13-16,19H,4-8,12,17H2,1-3H3,(H,29,33). The van der Waals surface area contributed by atoms with Gasteiger partial charge in [0.05, 0.1) is 16.8 Å². The summed E-state index contributed by atoms with van der Waals surface area (Å²) in [5.41, 5.74) is 3.15. The van der Waals surface area contributed by atoms with Gasteiger partial charge < -0.3 is 5.32 Å². The number of nitrogens with zero attached hydrogens (tertiary/aromatic N) is 3. The molecule has 3 rings (SSSR count). The molecule has 1 heterocycles. The van der Waals surface area contributed by atoms with Gasteiger partial charge in [0.2, 0.25) is 5.91 Å². The van der Waals surface area contributed by atoms with Crippen molar-refractivity contribution in [1.29, 1.82) is 0 Å². The summed E-state index contributed by atoms with van der Waals surface area (Å²) in [5.74, 6) is 1.40. The highest BCUT2D eigenvalue weighted by atomic mass is 35.5. The van der Waals surface area contributed by atoms with Crippen molar-refractivity contribution >= 4 is 40.9 Å². The summed E-state index contributed by atoms with van der Waals surface area (Å²) in [6.45, 7) is 6.19. The van der Waals surface area contributed by atoms with Crippen LogP contribution in [0.15, 0.2) is 47.6 Å². The summed E-state index contributed by atoms with van der Waals surface area (Å²) in [6, 6.07) is 13.4. The quantitative estimate of drug-likeness (QED) is 0.197. The second kappa shape index (κ2) is 13.2. The third-order valence-electron chi connectivity index (χ3n) is 5.53. The molecule has 3 aromatic rings. The SMILES string of the molecule is CCCCCCCC(=O)NC(C)c1nnc(SCc2cccc(C)c2)n1-c1ccc(Cl)cc1Cl. The summed E-state index contributed by atoms with van der Waals surface area (Å²) in [6.07, 6.45) is 6.06. The fourth-order valence-electron chi connectivity index (χ4n) is 3.76. The van der Waals surface area contributed by atoms with Crippen molar-refractivity contribution in [3.63, 3.8) is 0 Å². The van der Waals surface area contributed by atoms with Crippen LogP contribution >= 0.6 is 35.0 Å². The van der Waals surface area contributed by atoms with Gasteiger partial charge in [0.15, 0.2) is 11.0 Å². The lowest BCUT2D eigenvalue weighted by Gasteiger charge is -2.17. The number of nitrogens with one attached hydrogen (secondary N) is 1. The number of rotatable bonds is 12. The molecule has 0 fully saturated rings. The van der Waals surface area contributed by atoms with Crippen LogP contribution in [0, 0.1) is 6.92 Å². The number of unbranched alkanes of at least 4 members (excludes halogenated alkanes) is 4. The Bertz CT molecular complexity index is 1100. The second-order valence-electron chi connectivity index (χ2n) is 8.50. The minimum atomic E-state index is -0.323. The number of hydrogen-bond donors (Lipinski definition) is 1. The van der Waals surface area contributed by atoms with E-state index in [4.69, 9.17) is 23.2 Å². The number of benzene rings is 2. The van der Waals surface area contributed by atoms with Crippen LogP contribution in [-0.2, 0) is 10.5 Å². The molecule has 34 heavy (non-hydrogen) atoms. The molecule has 182 valence electrons. The van der Waals surface area contributed by atoms with Crippen molar-refractivity contribution in [2.24, 2.45) is 0 Å². The van der Waals surface area contributed by atoms with Gasteiger partial charge in [0.1, 0.15) is 0 Å². The third kappa shape index (κ3) is 7.49. The molecule has 8 heteroatoms. The van der Waals surface area contributed by atoms with E-state index in [1.807, 2.05) is 17.6 Å². The molecule has 0 saturated carbocycles. The van der Waals surface area contributed by atoms with Gasteiger partial charge in [0, 0.05) is 17.2 Å². The van der Waals surface area contributed by atoms with Crippen molar-refractivity contribution in [1.82, 2.24) is 20.1 Å². The van der Waals surface area contributed by atoms with Gasteiger partial charge in [-0.3, -0.25) is 9.36 Å². The number of carbonyl (C=O) groups is 1. The van der Waals surface area contributed by atoms with Crippen molar-refractivity contribution in [2.45, 2.75) is 76.2 Å². The Morgan fingerprint density at radius 2 is 1.88 bits per heavy atom. The summed E-state index contributed by atoms with van der Waals surface area (Å²) >= 11 is 14.3. The van der Waals surface area contributed by atoms with Crippen LogP contribution in [0.5, 0.6) is 0 Å². The summed E-state index contributed by atoms with van der Waals surface area (Å²) in [4.78, 5) is 12.6. The molecule has 0 bridgehead atoms. The van der Waals surface area contributed by atoms with Crippen molar-refractivity contribution in [3.05, 3.63) is 69.5 Å². The van der Waals surface area contributed by atoms with Crippen molar-refractivity contribution in [3.8, 4) is 5.69 Å². The topological polar surface area (TPSA) is 59.8 Å². The van der Waals surface area contributed by atoms with Crippen LogP contribution in [0.2, 0.25) is 10.0 Å². The fourth-order valence-corrected chi connectivity index (χ4v) is 5.15. The Labute approximate surface area is 216 Å². The van der Waals surface area contributed by atoms with Crippen molar-refractivity contribution < 1.29 is 4.79 Å². The van der Waals surface area contributed by atoms with Gasteiger partial charge in [-0.05, 0) is 44.0 Å². The molecule has 0 aliphatic carbocycles. The average molecular weight is 520 g/mol. The van der Waals surface area contributed by atoms with E-state index in [0.29, 0.717) is 27.4 Å². The summed E-state index contributed by atoms with van der Waals surface area (Å²) in [7, 11) is 0. The van der Waals surface area contributed by atoms with E-state index in [2.05, 4.69) is 53.6 Å². The first kappa shape index (κ1) is 26.6. The molecular weight excluding hydrogens is 487 g/mol. The van der Waals surface area contributed by atoms with E-state index in [0.717, 1.165) is 24.3 Å². The number of thioether (sulfide) groups is 1. The minimum absolute atomic E-state index is 0.0229. The van der Waals surface area contributed by atoms with Gasteiger partial charge in [-0.25, -0.2) is 0 Å². The number of carbonyl (C=O) groups excluding carboxylic acids is 1. The maximum Gasteiger partial charge on any atom is 0.220 e. The Kier molecular flexibility index (Phi) is 10.3. The first-order valence-electron chi connectivity index (χ1n) is 11.8. The first-order chi connectivity index (χ1) is 16.4. The van der Waals surface area contributed by atoms with E-state index in [1.165, 1.54) is 30.4 Å². The molecule has 1 unspecified atom stereocenters. The zero-order valence-corrected chi connectivity index (χ0v) is 22.3. The Morgan fingerprint density at radius 3 is 2.62 bits per heavy atom. The first-order valence-corrected chi connectivity index (χ1v) is 13.5. The fraction of sp³-hybridized carbons (Fsp3) is 0.423. The highest BCUT2D eigenvalue weighted by Gasteiger charge is 2.22. The van der Waals surface area contributed by atoms with E-state index in [9.17, 15) is 4.79 Å². The molecule has 1 N–H and O–H groups in total. The van der Waals surface area contributed by atoms with Gasteiger partial charge in [0.25, 0.3) is 0 Å². The molecule has 0 aliphatic rings. The van der Waals surface area contributed by atoms with Gasteiger partial charge >= 0.3 is 0 Å². The normalized spacial score (nSPS) is 12.0. The maximum absolute atomic E-state index is 12.6. The molecule has 1 amide bonds. The molecule has 0 aliphatic heterocycles. The predicted molar refractivity (Wildman–Crippen MR) is 142 cm³/mol. The van der Waals surface area contributed by atoms with Gasteiger partial charge in [-0.2, -0.15) is 0 Å². The minimum Gasteiger partial charge on any atom is -0.346 e. The molecular formula is C26H32Cl2N4OS. The van der Waals surface area contributed by atoms with E-state index in [-0.39, 0.29) is 11.9 Å². The molecule has 5 nitrogen and oxygen atoms in total. The number of hydrogen-bond acceptors (Lipinski definition) is 4. The lowest BCUT2D eigenvalue weighted by atomic mass is 10.1. The van der Waals surface area contributed by atoms with Crippen LogP contribution < -0.4 is 5.32 Å². The Balaban J connectivity index is 1.80. The van der Waals surface area contributed by atoms with E-state index < -0.39 is 0 Å². The largest absolute Gasteiger partial charge is 0.346 e. The van der Waals surface area contributed by atoms with Gasteiger partial charge in [-0.1, -0.05) is 97.4 Å². The summed E-state index contributed by atoms with van der Waals surface area (Å²) < 4.78 is 1.92. The van der Waals surface area contributed by atoms with Gasteiger partial charge in [-0.15, -0.1) is 10.2 Å². The number of amides is 1. The number of halogens is 2. The third-order valence-corrected chi connectivity index (χ3v) is 7.07. The number of aryl methyl sites for hydroxylation is 1. The predicted octanol–water partition coefficient (Wildman–Crippen LogP) is 7.71. The van der Waals surface area contributed by atoms with Crippen molar-refractivity contribution in [2.75, 3.05) is 0 Å². The lowest BCUT2D eigenvalue weighted by Crippen LogP contribution is -2.28. The Morgan fingerprint density at radius 1 is 1.09 bits per heavy atom. The zero-order valence-electron chi connectivity index (χ0n) is 20.0. The molecule has 0 saturated heterocycles. The van der Waals surface area contributed by atoms with Crippen LogP contribution in [0.3, 0.4) is 0 Å². The van der Waals surface area contributed by atoms with Crippen LogP contribution in [0.25, 0.3) is 5.69 Å². The van der Waals surface area contributed by atoms with Crippen LogP contribution in [0.1, 0.15) is 75.4 Å². The number of aromatic nitrogens is 3. The smallest absolute Gasteiger partial charge is 0.220 e. The highest BCUT2D eigenvalue weighted by Crippen LogP contribution is 2.32. The second-order valence-corrected chi connectivity index (χ2v) is 10.3. The molecule has 1 atom stereocenters. The maximum atomic E-state index is 12.6. The molecule has 2 aromatic carbocycles. The van der Waals surface area contributed by atoms with E-state index in [1.54, 1.807) is 23.9 Å². The average Bonchev–Trinajstić information content (AvgIpc) is 3.21. The molecule has 1 aromatic heterocycles. The Hall–Kier alpha value is -2.02. The summed E-state index contributed by atoms with van der Waals surface area (Å²) in [5, 5.41) is 13.7. The molecule has 0 radical (unpaired) electrons.